The molecule has 2 rings (SSSR count). The van der Waals surface area contributed by atoms with Crippen LogP contribution in [0.2, 0.25) is 0 Å². The van der Waals surface area contributed by atoms with E-state index >= 15 is 0 Å². The molecular formula is C21H28N4O4S. The Kier molecular flexibility index (Phi) is 8.23. The van der Waals surface area contributed by atoms with Gasteiger partial charge in [0.15, 0.2) is 0 Å². The minimum Gasteiger partial charge on any atom is -0.339 e. The third-order valence-corrected chi connectivity index (χ3v) is 5.05. The lowest BCUT2D eigenvalue weighted by Crippen LogP contribution is -2.34. The van der Waals surface area contributed by atoms with Crippen molar-refractivity contribution in [1.82, 2.24) is 15.5 Å². The molecule has 3 N–H and O–H groups in total. The molecule has 0 aliphatic rings. The van der Waals surface area contributed by atoms with Gasteiger partial charge in [0, 0.05) is 31.7 Å². The number of amides is 3. The SMILES string of the molecule is CCN(CC)C(=O)c1ccc(CNC(=O)NCc2ccccc2NS(C)(=O)=O)cc1. The molecule has 0 fully saturated rings. The van der Waals surface area contributed by atoms with Gasteiger partial charge in [-0.05, 0) is 43.2 Å². The van der Waals surface area contributed by atoms with E-state index in [9.17, 15) is 18.0 Å². The number of rotatable bonds is 9. The smallest absolute Gasteiger partial charge is 0.315 e. The Morgan fingerprint density at radius 1 is 0.900 bits per heavy atom. The van der Waals surface area contributed by atoms with Crippen molar-refractivity contribution >= 4 is 27.6 Å². The standard InChI is InChI=1S/C21H28N4O4S/c1-4-25(5-2)20(26)17-12-10-16(11-13-17)14-22-21(27)23-15-18-8-6-7-9-19(18)24-30(3,28)29/h6-13,24H,4-5,14-15H2,1-3H3,(H2,22,23,27). The van der Waals surface area contributed by atoms with Gasteiger partial charge in [0.25, 0.3) is 5.91 Å². The monoisotopic (exact) mass is 432 g/mol. The number of benzene rings is 2. The molecule has 9 heteroatoms. The highest BCUT2D eigenvalue weighted by Crippen LogP contribution is 2.16. The molecule has 0 aliphatic carbocycles. The van der Waals surface area contributed by atoms with Crippen LogP contribution in [0.25, 0.3) is 0 Å². The van der Waals surface area contributed by atoms with Crippen molar-refractivity contribution in [3.8, 4) is 0 Å². The van der Waals surface area contributed by atoms with Crippen molar-refractivity contribution in [2.75, 3.05) is 24.1 Å². The van der Waals surface area contributed by atoms with E-state index in [0.29, 0.717) is 36.4 Å². The number of nitrogens with one attached hydrogen (secondary N) is 3. The Balaban J connectivity index is 1.88. The Morgan fingerprint density at radius 2 is 1.50 bits per heavy atom. The molecule has 0 bridgehead atoms. The van der Waals surface area contributed by atoms with E-state index in [-0.39, 0.29) is 18.5 Å². The number of carbonyl (C=O) groups is 2. The quantitative estimate of drug-likeness (QED) is 0.566. The van der Waals surface area contributed by atoms with E-state index in [1.807, 2.05) is 26.0 Å². The largest absolute Gasteiger partial charge is 0.339 e. The molecule has 0 atom stereocenters. The van der Waals surface area contributed by atoms with Crippen molar-refractivity contribution in [2.24, 2.45) is 0 Å². The summed E-state index contributed by atoms with van der Waals surface area (Å²) in [6, 6.07) is 13.6. The van der Waals surface area contributed by atoms with Crippen molar-refractivity contribution in [2.45, 2.75) is 26.9 Å². The topological polar surface area (TPSA) is 108 Å². The van der Waals surface area contributed by atoms with Crippen molar-refractivity contribution in [3.05, 3.63) is 65.2 Å². The number of para-hydroxylation sites is 1. The minimum atomic E-state index is -3.41. The molecule has 2 aromatic rings. The van der Waals surface area contributed by atoms with E-state index in [1.165, 1.54) is 0 Å². The van der Waals surface area contributed by atoms with Crippen molar-refractivity contribution in [1.29, 1.82) is 0 Å². The second kappa shape index (κ2) is 10.6. The van der Waals surface area contributed by atoms with E-state index in [2.05, 4.69) is 15.4 Å². The maximum atomic E-state index is 12.3. The number of anilines is 1. The number of hydrogen-bond donors (Lipinski definition) is 3. The first kappa shape index (κ1) is 23.2. The predicted molar refractivity (Wildman–Crippen MR) is 118 cm³/mol. The average molecular weight is 433 g/mol. The van der Waals surface area contributed by atoms with Gasteiger partial charge in [-0.15, -0.1) is 0 Å². The van der Waals surface area contributed by atoms with Gasteiger partial charge in [-0.25, -0.2) is 13.2 Å². The number of urea groups is 1. The minimum absolute atomic E-state index is 0.0152. The first-order chi connectivity index (χ1) is 14.2. The Labute approximate surface area is 177 Å². The molecule has 162 valence electrons. The molecule has 0 radical (unpaired) electrons. The molecule has 0 spiro atoms. The summed E-state index contributed by atoms with van der Waals surface area (Å²) in [5, 5.41) is 5.46. The lowest BCUT2D eigenvalue weighted by Gasteiger charge is -2.18. The van der Waals surface area contributed by atoms with Gasteiger partial charge >= 0.3 is 6.03 Å². The van der Waals surface area contributed by atoms with Gasteiger partial charge in [-0.1, -0.05) is 30.3 Å². The van der Waals surface area contributed by atoms with Crippen LogP contribution in [-0.2, 0) is 23.1 Å². The lowest BCUT2D eigenvalue weighted by atomic mass is 10.1. The zero-order valence-electron chi connectivity index (χ0n) is 17.4. The fraction of sp³-hybridized carbons (Fsp3) is 0.333. The predicted octanol–water partition coefficient (Wildman–Crippen LogP) is 2.54. The molecule has 0 aliphatic heterocycles. The summed E-state index contributed by atoms with van der Waals surface area (Å²) in [7, 11) is -3.41. The first-order valence-electron chi connectivity index (χ1n) is 9.69. The number of sulfonamides is 1. The van der Waals surface area contributed by atoms with Crippen LogP contribution < -0.4 is 15.4 Å². The number of carbonyl (C=O) groups excluding carboxylic acids is 2. The van der Waals surface area contributed by atoms with Crippen LogP contribution >= 0.6 is 0 Å². The molecule has 0 unspecified atom stereocenters. The second-order valence-electron chi connectivity index (χ2n) is 6.74. The summed E-state index contributed by atoms with van der Waals surface area (Å²) >= 11 is 0. The van der Waals surface area contributed by atoms with E-state index in [0.717, 1.165) is 11.8 Å². The second-order valence-corrected chi connectivity index (χ2v) is 8.49. The van der Waals surface area contributed by atoms with Crippen molar-refractivity contribution in [3.63, 3.8) is 0 Å². The molecular weight excluding hydrogens is 404 g/mol. The Bertz CT molecular complexity index is 971. The summed E-state index contributed by atoms with van der Waals surface area (Å²) in [5.41, 5.74) is 2.55. The van der Waals surface area contributed by atoms with Crippen LogP contribution in [0.5, 0.6) is 0 Å². The third-order valence-electron chi connectivity index (χ3n) is 4.46. The Morgan fingerprint density at radius 3 is 2.10 bits per heavy atom. The normalized spacial score (nSPS) is 10.9. The van der Waals surface area contributed by atoms with E-state index in [1.54, 1.807) is 41.3 Å². The van der Waals surface area contributed by atoms with Crippen LogP contribution in [0.3, 0.4) is 0 Å². The molecule has 30 heavy (non-hydrogen) atoms. The lowest BCUT2D eigenvalue weighted by molar-refractivity contribution is 0.0773. The van der Waals surface area contributed by atoms with Gasteiger partial charge in [0.1, 0.15) is 0 Å². The van der Waals surface area contributed by atoms with Gasteiger partial charge < -0.3 is 15.5 Å². The fourth-order valence-corrected chi connectivity index (χ4v) is 3.45. The molecule has 0 saturated heterocycles. The van der Waals surface area contributed by atoms with Crippen LogP contribution in [0.4, 0.5) is 10.5 Å². The maximum Gasteiger partial charge on any atom is 0.315 e. The number of hydrogen-bond acceptors (Lipinski definition) is 4. The highest BCUT2D eigenvalue weighted by molar-refractivity contribution is 7.92. The molecule has 0 heterocycles. The van der Waals surface area contributed by atoms with Crippen molar-refractivity contribution < 1.29 is 18.0 Å². The molecule has 0 aromatic heterocycles. The zero-order valence-corrected chi connectivity index (χ0v) is 18.3. The highest BCUT2D eigenvalue weighted by atomic mass is 32.2. The zero-order chi connectivity index (χ0) is 22.1. The molecule has 8 nitrogen and oxygen atoms in total. The van der Waals surface area contributed by atoms with Crippen LogP contribution in [0.1, 0.15) is 35.3 Å². The maximum absolute atomic E-state index is 12.3. The summed E-state index contributed by atoms with van der Waals surface area (Å²) in [6.07, 6.45) is 1.07. The summed E-state index contributed by atoms with van der Waals surface area (Å²) in [4.78, 5) is 26.2. The van der Waals surface area contributed by atoms with Gasteiger partial charge in [-0.2, -0.15) is 0 Å². The van der Waals surface area contributed by atoms with Gasteiger partial charge in [0.05, 0.1) is 11.9 Å². The average Bonchev–Trinajstić information content (AvgIpc) is 2.71. The summed E-state index contributed by atoms with van der Waals surface area (Å²) in [5.74, 6) is -0.0152. The molecule has 3 amide bonds. The highest BCUT2D eigenvalue weighted by Gasteiger charge is 2.12. The number of nitrogens with zero attached hydrogens (tertiary/aromatic N) is 1. The Hall–Kier alpha value is -3.07. The van der Waals surface area contributed by atoms with Gasteiger partial charge in [0.2, 0.25) is 10.0 Å². The fourth-order valence-electron chi connectivity index (χ4n) is 2.85. The van der Waals surface area contributed by atoms with E-state index < -0.39 is 10.0 Å². The first-order valence-corrected chi connectivity index (χ1v) is 11.6. The summed E-state index contributed by atoms with van der Waals surface area (Å²) in [6.45, 7) is 5.65. The van der Waals surface area contributed by atoms with Crippen LogP contribution in [-0.4, -0.2) is 44.6 Å². The van der Waals surface area contributed by atoms with E-state index in [4.69, 9.17) is 0 Å². The summed E-state index contributed by atoms with van der Waals surface area (Å²) < 4.78 is 25.3. The van der Waals surface area contributed by atoms with Crippen LogP contribution in [0, 0.1) is 0 Å². The van der Waals surface area contributed by atoms with Crippen LogP contribution in [0.15, 0.2) is 48.5 Å². The third kappa shape index (κ3) is 7.07. The van der Waals surface area contributed by atoms with Gasteiger partial charge in [-0.3, -0.25) is 9.52 Å². The molecule has 2 aromatic carbocycles. The molecule has 0 saturated carbocycles.